The van der Waals surface area contributed by atoms with Gasteiger partial charge in [-0.15, -0.1) is 0 Å². The van der Waals surface area contributed by atoms with Crippen LogP contribution in [-0.2, 0) is 33.4 Å². The van der Waals surface area contributed by atoms with E-state index < -0.39 is 42.4 Å². The van der Waals surface area contributed by atoms with Crippen LogP contribution in [0.4, 0.5) is 4.79 Å². The number of rotatable bonds is 19. The van der Waals surface area contributed by atoms with Gasteiger partial charge in [0, 0.05) is 22.3 Å². The summed E-state index contributed by atoms with van der Waals surface area (Å²) in [5, 5.41) is 14.1. The molecule has 3 N–H and O–H groups in total. The number of fused-ring (bicyclic) bond motifs is 3. The minimum atomic E-state index is -1.43. The van der Waals surface area contributed by atoms with Crippen molar-refractivity contribution in [2.24, 2.45) is 0 Å². The molecule has 4 aromatic carbocycles. The zero-order valence-corrected chi connectivity index (χ0v) is 31.3. The van der Waals surface area contributed by atoms with E-state index in [2.05, 4.69) is 10.6 Å². The Hall–Kier alpha value is -5.41. The number of benzene rings is 4. The van der Waals surface area contributed by atoms with Crippen molar-refractivity contribution in [1.29, 1.82) is 0 Å². The predicted octanol–water partition coefficient (Wildman–Crippen LogP) is 5.68. The molecule has 0 saturated heterocycles. The smallest absolute Gasteiger partial charge is 0.407 e. The van der Waals surface area contributed by atoms with Crippen molar-refractivity contribution in [1.82, 2.24) is 15.5 Å². The summed E-state index contributed by atoms with van der Waals surface area (Å²) >= 11 is 2.26. The van der Waals surface area contributed by atoms with Gasteiger partial charge in [-0.1, -0.05) is 108 Å². The molecule has 0 fully saturated rings. The Balaban J connectivity index is 1.15. The molecular weight excluding hydrogens is 743 g/mol. The second-order valence-electron chi connectivity index (χ2n) is 12.4. The molecule has 1 heterocycles. The Labute approximate surface area is 326 Å². The van der Waals surface area contributed by atoms with Crippen molar-refractivity contribution in [3.05, 3.63) is 130 Å². The van der Waals surface area contributed by atoms with Crippen LogP contribution in [0, 0.1) is 0 Å². The third kappa shape index (κ3) is 10.0. The van der Waals surface area contributed by atoms with Gasteiger partial charge in [-0.05, 0) is 46.5 Å². The highest BCUT2D eigenvalue weighted by atomic mass is 32.2. The average Bonchev–Trinajstić information content (AvgIpc) is 3.63. The maximum Gasteiger partial charge on any atom is 0.407 e. The quantitative estimate of drug-likeness (QED) is 0.0793. The highest BCUT2D eigenvalue weighted by molar-refractivity contribution is 8.08. The first-order chi connectivity index (χ1) is 26.8. The molecule has 0 spiro atoms. The lowest BCUT2D eigenvalue weighted by molar-refractivity contribution is -0.145. The summed E-state index contributed by atoms with van der Waals surface area (Å²) in [6.45, 7) is 0.100. The molecular formula is C41H39N3O9S2. The van der Waals surface area contributed by atoms with Gasteiger partial charge in [0.15, 0.2) is 0 Å². The van der Waals surface area contributed by atoms with Crippen LogP contribution in [0.15, 0.2) is 129 Å². The summed E-state index contributed by atoms with van der Waals surface area (Å²) in [6, 6.07) is 32.7. The van der Waals surface area contributed by atoms with E-state index in [1.165, 1.54) is 0 Å². The number of carbonyl (C=O) groups excluding carboxylic acids is 4. The first-order valence-electron chi connectivity index (χ1n) is 17.6. The third-order valence-electron chi connectivity index (χ3n) is 8.73. The maximum atomic E-state index is 14.2. The van der Waals surface area contributed by atoms with E-state index in [-0.39, 0.29) is 61.7 Å². The molecule has 4 amide bonds. The molecule has 2 aliphatic rings. The molecule has 14 heteroatoms. The number of nitrogens with one attached hydrogen (secondary N) is 2. The molecule has 6 rings (SSSR count). The monoisotopic (exact) mass is 781 g/mol. The largest absolute Gasteiger partial charge is 0.481 e. The number of carboxylic acids is 1. The molecule has 12 nitrogen and oxygen atoms in total. The first-order valence-corrected chi connectivity index (χ1v) is 19.3. The normalized spacial score (nSPS) is 14.1. The van der Waals surface area contributed by atoms with E-state index >= 15 is 0 Å². The highest BCUT2D eigenvalue weighted by Crippen LogP contribution is 2.45. The van der Waals surface area contributed by atoms with Crippen LogP contribution in [-0.4, -0.2) is 92.0 Å². The van der Waals surface area contributed by atoms with Gasteiger partial charge < -0.3 is 30.0 Å². The van der Waals surface area contributed by atoms with Gasteiger partial charge in [0.25, 0.3) is 11.8 Å². The SMILES string of the molecule is O=C(O)CCOCCOCCNC(=O)[C@H](CNC(=O)OCC1c2ccccc2-c2ccccc21)N1C(=O)C(Sc2ccccc2)=C(Sc2ccccc2)C1=O. The second kappa shape index (κ2) is 19.3. The number of hydrogen-bond acceptors (Lipinski definition) is 10. The Kier molecular flexibility index (Phi) is 13.8. The molecule has 1 atom stereocenters. The van der Waals surface area contributed by atoms with Crippen molar-refractivity contribution in [3.63, 3.8) is 0 Å². The summed E-state index contributed by atoms with van der Waals surface area (Å²) in [4.78, 5) is 68.8. The molecule has 0 bridgehead atoms. The van der Waals surface area contributed by atoms with Crippen molar-refractivity contribution < 1.29 is 43.3 Å². The zero-order chi connectivity index (χ0) is 38.6. The van der Waals surface area contributed by atoms with Gasteiger partial charge in [0.2, 0.25) is 5.91 Å². The number of carboxylic acid groups (broad SMARTS) is 1. The number of amides is 4. The van der Waals surface area contributed by atoms with Gasteiger partial charge >= 0.3 is 12.1 Å². The Morgan fingerprint density at radius 2 is 1.18 bits per heavy atom. The van der Waals surface area contributed by atoms with Gasteiger partial charge in [-0.25, -0.2) is 4.79 Å². The fourth-order valence-electron chi connectivity index (χ4n) is 6.16. The predicted molar refractivity (Wildman–Crippen MR) is 207 cm³/mol. The van der Waals surface area contributed by atoms with E-state index in [4.69, 9.17) is 19.3 Å². The molecule has 1 aliphatic heterocycles. The van der Waals surface area contributed by atoms with Crippen LogP contribution in [0.3, 0.4) is 0 Å². The Morgan fingerprint density at radius 3 is 1.73 bits per heavy atom. The molecule has 1 aliphatic carbocycles. The van der Waals surface area contributed by atoms with Crippen LogP contribution >= 0.6 is 23.5 Å². The maximum absolute atomic E-state index is 14.2. The topological polar surface area (TPSA) is 161 Å². The Bertz CT molecular complexity index is 1940. The first kappa shape index (κ1) is 39.3. The molecule has 4 aromatic rings. The summed E-state index contributed by atoms with van der Waals surface area (Å²) < 4.78 is 16.4. The number of ether oxygens (including phenoxy) is 3. The van der Waals surface area contributed by atoms with Gasteiger partial charge in [-0.2, -0.15) is 0 Å². The Morgan fingerprint density at radius 1 is 0.673 bits per heavy atom. The standard InChI is InChI=1S/C41H39N3O9S2/c45-35(46)19-21-51-23-24-52-22-20-42-38(47)34(25-43-41(50)53-26-33-31-17-9-7-15-29(31)30-16-8-10-18-32(30)33)44-39(48)36(54-27-11-3-1-4-12-27)37(40(44)49)55-28-13-5-2-6-14-28/h1-18,33-34H,19-26H2,(H,42,47)(H,43,50)(H,45,46)/t34-/m0/s1. The minimum Gasteiger partial charge on any atom is -0.481 e. The van der Waals surface area contributed by atoms with E-state index in [0.29, 0.717) is 0 Å². The lowest BCUT2D eigenvalue weighted by atomic mass is 9.98. The minimum absolute atomic E-state index is 0.0241. The van der Waals surface area contributed by atoms with E-state index in [1.807, 2.05) is 109 Å². The molecule has 55 heavy (non-hydrogen) atoms. The summed E-state index contributed by atoms with van der Waals surface area (Å²) in [5.74, 6) is -3.17. The average molecular weight is 782 g/mol. The van der Waals surface area contributed by atoms with Crippen LogP contribution in [0.5, 0.6) is 0 Å². The molecule has 284 valence electrons. The third-order valence-corrected chi connectivity index (χ3v) is 11.0. The van der Waals surface area contributed by atoms with Crippen molar-refractivity contribution in [2.45, 2.75) is 28.2 Å². The number of nitrogens with zero attached hydrogens (tertiary/aromatic N) is 1. The van der Waals surface area contributed by atoms with Gasteiger partial charge in [0.05, 0.1) is 49.2 Å². The number of hydrogen-bond donors (Lipinski definition) is 3. The number of carbonyl (C=O) groups is 5. The highest BCUT2D eigenvalue weighted by Gasteiger charge is 2.45. The van der Waals surface area contributed by atoms with E-state index in [9.17, 15) is 24.0 Å². The molecule has 0 radical (unpaired) electrons. The lowest BCUT2D eigenvalue weighted by Crippen LogP contribution is -2.55. The molecule has 0 unspecified atom stereocenters. The van der Waals surface area contributed by atoms with Gasteiger partial charge in [0.1, 0.15) is 12.6 Å². The van der Waals surface area contributed by atoms with Crippen LogP contribution < -0.4 is 10.6 Å². The van der Waals surface area contributed by atoms with Crippen molar-refractivity contribution in [3.8, 4) is 11.1 Å². The molecule has 0 aromatic heterocycles. The summed E-state index contributed by atoms with van der Waals surface area (Å²) in [7, 11) is 0. The van der Waals surface area contributed by atoms with Crippen LogP contribution in [0.25, 0.3) is 11.1 Å². The zero-order valence-electron chi connectivity index (χ0n) is 29.7. The van der Waals surface area contributed by atoms with Crippen molar-refractivity contribution in [2.75, 3.05) is 46.1 Å². The number of imide groups is 1. The van der Waals surface area contributed by atoms with Crippen LogP contribution in [0.2, 0.25) is 0 Å². The van der Waals surface area contributed by atoms with E-state index in [0.717, 1.165) is 60.5 Å². The number of aliphatic carboxylic acids is 1. The van der Waals surface area contributed by atoms with E-state index in [1.54, 1.807) is 0 Å². The fourth-order valence-corrected chi connectivity index (χ4v) is 8.20. The lowest BCUT2D eigenvalue weighted by Gasteiger charge is -2.26. The fraction of sp³-hybridized carbons (Fsp3) is 0.244. The number of alkyl carbamates (subject to hydrolysis) is 1. The van der Waals surface area contributed by atoms with Crippen molar-refractivity contribution >= 4 is 53.3 Å². The second-order valence-corrected chi connectivity index (χ2v) is 14.5. The molecule has 0 saturated carbocycles. The van der Waals surface area contributed by atoms with Gasteiger partial charge in [-0.3, -0.25) is 24.1 Å². The van der Waals surface area contributed by atoms with Crippen LogP contribution in [0.1, 0.15) is 23.5 Å². The summed E-state index contributed by atoms with van der Waals surface area (Å²) in [5.41, 5.74) is 4.22. The summed E-state index contributed by atoms with van der Waals surface area (Å²) in [6.07, 6.45) is -0.933. The number of thioether (sulfide) groups is 2.